The van der Waals surface area contributed by atoms with Crippen LogP contribution in [0, 0.1) is 12.8 Å². The molecule has 0 amide bonds. The van der Waals surface area contributed by atoms with E-state index < -0.39 is 9.84 Å². The highest BCUT2D eigenvalue weighted by atomic mass is 32.2. The molecule has 1 aromatic carbocycles. The molecule has 0 saturated heterocycles. The van der Waals surface area contributed by atoms with Gasteiger partial charge in [-0.05, 0) is 43.4 Å². The van der Waals surface area contributed by atoms with Crippen molar-refractivity contribution in [1.29, 1.82) is 0 Å². The lowest BCUT2D eigenvalue weighted by Crippen LogP contribution is -2.12. The maximum Gasteiger partial charge on any atom is 0.228 e. The maximum absolute atomic E-state index is 13.5. The Kier molecular flexibility index (Phi) is 4.41. The molecule has 8 nitrogen and oxygen atoms in total. The van der Waals surface area contributed by atoms with Crippen molar-refractivity contribution in [3.8, 4) is 0 Å². The molecule has 1 fully saturated rings. The summed E-state index contributed by atoms with van der Waals surface area (Å²) in [7, 11) is -3.91. The Bertz CT molecular complexity index is 1360. The van der Waals surface area contributed by atoms with Crippen molar-refractivity contribution in [2.24, 2.45) is 5.92 Å². The third-order valence-electron chi connectivity index (χ3n) is 6.20. The Labute approximate surface area is 173 Å². The molecule has 9 heteroatoms. The summed E-state index contributed by atoms with van der Waals surface area (Å²) in [5.74, 6) is 0.960. The summed E-state index contributed by atoms with van der Waals surface area (Å²) in [4.78, 5) is 7.67. The second-order valence-corrected chi connectivity index (χ2v) is 9.85. The van der Waals surface area contributed by atoms with Gasteiger partial charge in [0.25, 0.3) is 0 Å². The molecule has 156 valence electrons. The summed E-state index contributed by atoms with van der Waals surface area (Å²) in [5.41, 5.74) is 2.05. The van der Waals surface area contributed by atoms with E-state index in [0.717, 1.165) is 11.9 Å². The molecular formula is C21H23N5O3S. The van der Waals surface area contributed by atoms with E-state index in [-0.39, 0.29) is 33.5 Å². The fourth-order valence-electron chi connectivity index (χ4n) is 4.69. The molecule has 3 aromatic heterocycles. The minimum atomic E-state index is -3.91. The van der Waals surface area contributed by atoms with E-state index in [9.17, 15) is 13.5 Å². The largest absolute Gasteiger partial charge is 0.393 e. The van der Waals surface area contributed by atoms with Crippen LogP contribution in [0.4, 0.5) is 0 Å². The van der Waals surface area contributed by atoms with Crippen LogP contribution in [0.25, 0.3) is 16.8 Å². The summed E-state index contributed by atoms with van der Waals surface area (Å²) < 4.78 is 28.9. The lowest BCUT2D eigenvalue weighted by molar-refractivity contribution is 0.176. The van der Waals surface area contributed by atoms with Gasteiger partial charge in [0.05, 0.1) is 16.5 Å². The molecule has 3 unspecified atom stereocenters. The molecule has 3 atom stereocenters. The minimum absolute atomic E-state index is 0.00881. The third kappa shape index (κ3) is 2.76. The van der Waals surface area contributed by atoms with Gasteiger partial charge in [0.1, 0.15) is 5.82 Å². The zero-order valence-electron chi connectivity index (χ0n) is 16.8. The molecule has 0 bridgehead atoms. The van der Waals surface area contributed by atoms with Crippen LogP contribution in [0.15, 0.2) is 46.5 Å². The Morgan fingerprint density at radius 3 is 2.77 bits per heavy atom. The molecule has 1 aliphatic carbocycles. The Morgan fingerprint density at radius 2 is 2.00 bits per heavy atom. The number of hydrogen-bond donors (Lipinski definition) is 2. The normalized spacial score (nSPS) is 22.3. The number of hydrogen-bond acceptors (Lipinski definition) is 6. The van der Waals surface area contributed by atoms with Crippen molar-refractivity contribution in [3.05, 3.63) is 47.9 Å². The lowest BCUT2D eigenvalue weighted by Gasteiger charge is -2.16. The van der Waals surface area contributed by atoms with Gasteiger partial charge in [0.2, 0.25) is 14.9 Å². The van der Waals surface area contributed by atoms with Gasteiger partial charge in [-0.3, -0.25) is 4.40 Å². The number of rotatable bonds is 4. The fraction of sp³-hybridized carbons (Fsp3) is 0.381. The molecule has 0 aliphatic heterocycles. The molecule has 3 heterocycles. The molecule has 2 N–H and O–H groups in total. The first-order valence-corrected chi connectivity index (χ1v) is 11.6. The van der Waals surface area contributed by atoms with Crippen LogP contribution < -0.4 is 0 Å². The fourth-order valence-corrected chi connectivity index (χ4v) is 6.23. The van der Waals surface area contributed by atoms with Crippen molar-refractivity contribution in [3.63, 3.8) is 0 Å². The summed E-state index contributed by atoms with van der Waals surface area (Å²) >= 11 is 0. The first-order valence-electron chi connectivity index (χ1n) is 10.1. The van der Waals surface area contributed by atoms with Crippen LogP contribution in [0.3, 0.4) is 0 Å². The van der Waals surface area contributed by atoms with Gasteiger partial charge < -0.3 is 10.1 Å². The zero-order chi connectivity index (χ0) is 21.0. The first kappa shape index (κ1) is 19.2. The van der Waals surface area contributed by atoms with E-state index in [1.54, 1.807) is 41.8 Å². The molecule has 0 radical (unpaired) electrons. The second kappa shape index (κ2) is 6.88. The number of sulfone groups is 1. The molecule has 30 heavy (non-hydrogen) atoms. The van der Waals surface area contributed by atoms with Gasteiger partial charge in [-0.15, -0.1) is 10.2 Å². The summed E-state index contributed by atoms with van der Waals surface area (Å²) in [6.07, 6.45) is 3.56. The van der Waals surface area contributed by atoms with E-state index in [1.807, 2.05) is 6.07 Å². The van der Waals surface area contributed by atoms with Gasteiger partial charge >= 0.3 is 0 Å². The van der Waals surface area contributed by atoms with Crippen molar-refractivity contribution < 1.29 is 13.5 Å². The Morgan fingerprint density at radius 1 is 1.20 bits per heavy atom. The predicted octanol–water partition coefficient (Wildman–Crippen LogP) is 3.01. The van der Waals surface area contributed by atoms with Crippen molar-refractivity contribution in [2.45, 2.75) is 55.1 Å². The summed E-state index contributed by atoms with van der Waals surface area (Å²) in [5, 5.41) is 18.8. The van der Waals surface area contributed by atoms with Crippen LogP contribution in [0.2, 0.25) is 0 Å². The monoisotopic (exact) mass is 425 g/mol. The number of fused-ring (bicyclic) bond motifs is 3. The van der Waals surface area contributed by atoms with E-state index in [4.69, 9.17) is 0 Å². The van der Waals surface area contributed by atoms with Crippen molar-refractivity contribution in [1.82, 2.24) is 24.6 Å². The first-order chi connectivity index (χ1) is 14.4. The quantitative estimate of drug-likeness (QED) is 0.520. The molecule has 1 saturated carbocycles. The minimum Gasteiger partial charge on any atom is -0.393 e. The Hall–Kier alpha value is -2.78. The standard InChI is InChI=1S/C21H23N5O3S/c1-3-13-10-14(27)11-15(13)19-24-25-20-21(23-18-16(26(19)20)8-9-22-18)30(28,29)17-7-5-4-6-12(17)2/h4-9,13-15,22,27H,3,10-11H2,1-2H3. The highest BCUT2D eigenvalue weighted by Crippen LogP contribution is 2.42. The molecule has 5 rings (SSSR count). The van der Waals surface area contributed by atoms with E-state index in [0.29, 0.717) is 29.9 Å². The average molecular weight is 426 g/mol. The number of aromatic amines is 1. The average Bonchev–Trinajstić information content (AvgIpc) is 3.44. The second-order valence-electron chi connectivity index (χ2n) is 8.01. The van der Waals surface area contributed by atoms with E-state index in [1.165, 1.54) is 0 Å². The van der Waals surface area contributed by atoms with Gasteiger partial charge in [-0.2, -0.15) is 0 Å². The number of aliphatic hydroxyl groups is 1. The molecular weight excluding hydrogens is 402 g/mol. The highest BCUT2D eigenvalue weighted by Gasteiger charge is 2.37. The van der Waals surface area contributed by atoms with Crippen LogP contribution in [0.1, 0.15) is 43.5 Å². The molecule has 1 aliphatic rings. The van der Waals surface area contributed by atoms with Gasteiger partial charge in [0.15, 0.2) is 11.3 Å². The van der Waals surface area contributed by atoms with E-state index in [2.05, 4.69) is 27.1 Å². The van der Waals surface area contributed by atoms with Crippen LogP contribution >= 0.6 is 0 Å². The predicted molar refractivity (Wildman–Crippen MR) is 111 cm³/mol. The number of aryl methyl sites for hydroxylation is 1. The lowest BCUT2D eigenvalue weighted by atomic mass is 9.93. The van der Waals surface area contributed by atoms with Gasteiger partial charge in [0, 0.05) is 12.1 Å². The SMILES string of the molecule is CCC1CC(O)CC1c1nnc2c(S(=O)(=O)c3ccccc3C)nc3[nH]ccc3n12. The summed E-state index contributed by atoms with van der Waals surface area (Å²) in [6.45, 7) is 3.86. The van der Waals surface area contributed by atoms with Gasteiger partial charge in [-0.1, -0.05) is 31.5 Å². The summed E-state index contributed by atoms with van der Waals surface area (Å²) in [6, 6.07) is 8.69. The number of nitrogens with zero attached hydrogens (tertiary/aromatic N) is 4. The number of aromatic nitrogens is 5. The van der Waals surface area contributed by atoms with Gasteiger partial charge in [-0.25, -0.2) is 13.4 Å². The zero-order valence-corrected chi connectivity index (χ0v) is 17.6. The topological polar surface area (TPSA) is 113 Å². The smallest absolute Gasteiger partial charge is 0.228 e. The van der Waals surface area contributed by atoms with Crippen LogP contribution in [0.5, 0.6) is 0 Å². The van der Waals surface area contributed by atoms with E-state index >= 15 is 0 Å². The maximum atomic E-state index is 13.5. The highest BCUT2D eigenvalue weighted by molar-refractivity contribution is 7.91. The van der Waals surface area contributed by atoms with Crippen molar-refractivity contribution in [2.75, 3.05) is 0 Å². The van der Waals surface area contributed by atoms with Crippen molar-refractivity contribution >= 4 is 26.6 Å². The third-order valence-corrected chi connectivity index (χ3v) is 8.02. The number of nitrogens with one attached hydrogen (secondary N) is 1. The molecule has 0 spiro atoms. The number of benzene rings is 1. The molecule has 4 aromatic rings. The number of H-pyrrole nitrogens is 1. The Balaban J connectivity index is 1.79. The van der Waals surface area contributed by atoms with Crippen LogP contribution in [-0.2, 0) is 9.84 Å². The van der Waals surface area contributed by atoms with Crippen LogP contribution in [-0.4, -0.2) is 44.2 Å². The number of aliphatic hydroxyl groups excluding tert-OH is 1.